The van der Waals surface area contributed by atoms with E-state index in [0.717, 1.165) is 31.7 Å². The van der Waals surface area contributed by atoms with Gasteiger partial charge < -0.3 is 14.8 Å². The number of benzene rings is 1. The molecule has 2 aliphatic heterocycles. The number of aryl methyl sites for hydroxylation is 1. The molecule has 1 aromatic carbocycles. The maximum absolute atomic E-state index is 12.5. The van der Waals surface area contributed by atoms with E-state index < -0.39 is 10.0 Å². The largest absolute Gasteiger partial charge is 0.486 e. The monoisotopic (exact) mass is 364 g/mol. The van der Waals surface area contributed by atoms with E-state index in [-0.39, 0.29) is 11.4 Å². The first-order valence-corrected chi connectivity index (χ1v) is 9.76. The Morgan fingerprint density at radius 3 is 2.92 bits per heavy atom. The van der Waals surface area contributed by atoms with Crippen LogP contribution in [0, 0.1) is 0 Å². The number of hydrogen-bond acceptors (Lipinski definition) is 6. The normalized spacial score (nSPS) is 17.0. The summed E-state index contributed by atoms with van der Waals surface area (Å²) in [6.07, 6.45) is 1.01. The summed E-state index contributed by atoms with van der Waals surface area (Å²) in [6, 6.07) is 6.56. The number of rotatable bonds is 4. The maximum Gasteiger partial charge on any atom is 0.241 e. The smallest absolute Gasteiger partial charge is 0.241 e. The van der Waals surface area contributed by atoms with Gasteiger partial charge in [-0.15, -0.1) is 0 Å². The van der Waals surface area contributed by atoms with Gasteiger partial charge in [-0.3, -0.25) is 4.68 Å². The van der Waals surface area contributed by atoms with Crippen LogP contribution in [0.3, 0.4) is 0 Å². The number of fused-ring (bicyclic) bond motifs is 2. The van der Waals surface area contributed by atoms with Crippen molar-refractivity contribution in [2.24, 2.45) is 0 Å². The molecule has 2 aliphatic rings. The van der Waals surface area contributed by atoms with Crippen LogP contribution in [0.2, 0.25) is 0 Å². The first-order chi connectivity index (χ1) is 12.1. The molecule has 8 nitrogen and oxygen atoms in total. The van der Waals surface area contributed by atoms with Gasteiger partial charge >= 0.3 is 0 Å². The topological polar surface area (TPSA) is 94.5 Å². The lowest BCUT2D eigenvalue weighted by atomic mass is 10.3. The van der Waals surface area contributed by atoms with Gasteiger partial charge in [0.1, 0.15) is 13.2 Å². The molecule has 4 rings (SSSR count). The van der Waals surface area contributed by atoms with Gasteiger partial charge in [0.2, 0.25) is 10.0 Å². The quantitative estimate of drug-likeness (QED) is 0.826. The van der Waals surface area contributed by atoms with E-state index in [1.165, 1.54) is 12.1 Å². The molecule has 2 aromatic rings. The van der Waals surface area contributed by atoms with Crippen molar-refractivity contribution in [2.45, 2.75) is 31.0 Å². The molecule has 0 saturated heterocycles. The number of nitrogens with zero attached hydrogens (tertiary/aromatic N) is 2. The van der Waals surface area contributed by atoms with Crippen LogP contribution in [0.25, 0.3) is 0 Å². The first-order valence-electron chi connectivity index (χ1n) is 8.27. The van der Waals surface area contributed by atoms with Crippen LogP contribution < -0.4 is 19.5 Å². The summed E-state index contributed by atoms with van der Waals surface area (Å²) in [6.45, 7) is 3.60. The van der Waals surface area contributed by atoms with Crippen molar-refractivity contribution < 1.29 is 17.9 Å². The third kappa shape index (κ3) is 3.48. The summed E-state index contributed by atoms with van der Waals surface area (Å²) in [5, 5.41) is 7.80. The van der Waals surface area contributed by atoms with Gasteiger partial charge in [0.05, 0.1) is 22.8 Å². The summed E-state index contributed by atoms with van der Waals surface area (Å²) in [5.41, 5.74) is 1.78. The molecule has 2 N–H and O–H groups in total. The van der Waals surface area contributed by atoms with Crippen molar-refractivity contribution in [1.82, 2.24) is 19.8 Å². The average Bonchev–Trinajstić information content (AvgIpc) is 2.89. The number of nitrogens with one attached hydrogen (secondary N) is 2. The van der Waals surface area contributed by atoms with Crippen molar-refractivity contribution in [3.05, 3.63) is 35.7 Å². The second kappa shape index (κ2) is 6.66. The lowest BCUT2D eigenvalue weighted by Gasteiger charge is -2.18. The van der Waals surface area contributed by atoms with E-state index in [9.17, 15) is 8.42 Å². The van der Waals surface area contributed by atoms with Crippen molar-refractivity contribution in [3.8, 4) is 11.5 Å². The Morgan fingerprint density at radius 1 is 1.20 bits per heavy atom. The zero-order valence-corrected chi connectivity index (χ0v) is 14.5. The molecule has 3 heterocycles. The zero-order valence-electron chi connectivity index (χ0n) is 13.7. The SMILES string of the molecule is O=S(=O)(NCc1cc2n(n1)CCCNC2)c1ccc2c(c1)OCCO2. The molecule has 0 saturated carbocycles. The predicted molar refractivity (Wildman–Crippen MR) is 90.0 cm³/mol. The van der Waals surface area contributed by atoms with Crippen LogP contribution in [0.4, 0.5) is 0 Å². The molecule has 134 valence electrons. The highest BCUT2D eigenvalue weighted by atomic mass is 32.2. The fraction of sp³-hybridized carbons (Fsp3) is 0.438. The van der Waals surface area contributed by atoms with Crippen LogP contribution in [0.15, 0.2) is 29.2 Å². The molecule has 0 bridgehead atoms. The van der Waals surface area contributed by atoms with Crippen LogP contribution in [-0.2, 0) is 29.7 Å². The molecule has 25 heavy (non-hydrogen) atoms. The third-order valence-electron chi connectivity index (χ3n) is 4.21. The van der Waals surface area contributed by atoms with Crippen molar-refractivity contribution >= 4 is 10.0 Å². The van der Waals surface area contributed by atoms with Crippen molar-refractivity contribution in [3.63, 3.8) is 0 Å². The van der Waals surface area contributed by atoms with E-state index in [0.29, 0.717) is 30.4 Å². The number of ether oxygens (including phenoxy) is 2. The Balaban J connectivity index is 1.48. The minimum Gasteiger partial charge on any atom is -0.486 e. The standard InChI is InChI=1S/C16H20N4O4S/c21-25(22,14-2-3-15-16(9-14)24-7-6-23-15)18-10-12-8-13-11-17-4-1-5-20(13)19-12/h2-3,8-9,17-18H,1,4-7,10-11H2. The van der Waals surface area contributed by atoms with Gasteiger partial charge in [0, 0.05) is 19.2 Å². The molecular formula is C16H20N4O4S. The van der Waals surface area contributed by atoms with Gasteiger partial charge in [-0.1, -0.05) is 0 Å². The fourth-order valence-electron chi connectivity index (χ4n) is 2.95. The lowest BCUT2D eigenvalue weighted by Crippen LogP contribution is -2.24. The van der Waals surface area contributed by atoms with Gasteiger partial charge in [-0.2, -0.15) is 5.10 Å². The molecule has 0 atom stereocenters. The summed E-state index contributed by atoms with van der Waals surface area (Å²) >= 11 is 0. The number of aromatic nitrogens is 2. The van der Waals surface area contributed by atoms with E-state index in [1.54, 1.807) is 6.07 Å². The Labute approximate surface area is 146 Å². The molecule has 0 unspecified atom stereocenters. The van der Waals surface area contributed by atoms with E-state index in [1.807, 2.05) is 10.7 Å². The minimum absolute atomic E-state index is 0.150. The summed E-state index contributed by atoms with van der Waals surface area (Å²) in [7, 11) is -3.65. The van der Waals surface area contributed by atoms with Gasteiger partial charge in [-0.25, -0.2) is 13.1 Å². The second-order valence-corrected chi connectivity index (χ2v) is 7.78. The highest BCUT2D eigenvalue weighted by molar-refractivity contribution is 7.89. The molecular weight excluding hydrogens is 344 g/mol. The van der Waals surface area contributed by atoms with Gasteiger partial charge in [0.15, 0.2) is 11.5 Å². The molecule has 0 fully saturated rings. The van der Waals surface area contributed by atoms with Crippen LogP contribution in [0.1, 0.15) is 17.8 Å². The Kier molecular flexibility index (Phi) is 4.36. The summed E-state index contributed by atoms with van der Waals surface area (Å²) in [4.78, 5) is 0.152. The van der Waals surface area contributed by atoms with Crippen LogP contribution in [-0.4, -0.2) is 38.0 Å². The molecule has 0 radical (unpaired) electrons. The molecule has 9 heteroatoms. The zero-order chi connectivity index (χ0) is 17.3. The fourth-order valence-corrected chi connectivity index (χ4v) is 3.96. The number of sulfonamides is 1. The van der Waals surface area contributed by atoms with Crippen LogP contribution in [0.5, 0.6) is 11.5 Å². The first kappa shape index (κ1) is 16.4. The minimum atomic E-state index is -3.65. The highest BCUT2D eigenvalue weighted by Gasteiger charge is 2.20. The Hall–Kier alpha value is -2.10. The Morgan fingerprint density at radius 2 is 2.04 bits per heavy atom. The van der Waals surface area contributed by atoms with Crippen molar-refractivity contribution in [1.29, 1.82) is 0 Å². The Bertz CT molecular complexity index is 855. The predicted octanol–water partition coefficient (Wildman–Crippen LogP) is 0.626. The summed E-state index contributed by atoms with van der Waals surface area (Å²) in [5.74, 6) is 1.02. The van der Waals surface area contributed by atoms with Crippen molar-refractivity contribution in [2.75, 3.05) is 19.8 Å². The average molecular weight is 364 g/mol. The van der Waals surface area contributed by atoms with E-state index >= 15 is 0 Å². The lowest BCUT2D eigenvalue weighted by molar-refractivity contribution is 0.171. The molecule has 0 amide bonds. The highest BCUT2D eigenvalue weighted by Crippen LogP contribution is 2.32. The van der Waals surface area contributed by atoms with Crippen LogP contribution >= 0.6 is 0 Å². The summed E-state index contributed by atoms with van der Waals surface area (Å²) < 4.78 is 40.5. The second-order valence-electron chi connectivity index (χ2n) is 6.01. The van der Waals surface area contributed by atoms with Gasteiger partial charge in [0.25, 0.3) is 0 Å². The van der Waals surface area contributed by atoms with E-state index in [4.69, 9.17) is 9.47 Å². The van der Waals surface area contributed by atoms with Gasteiger partial charge in [-0.05, 0) is 31.2 Å². The third-order valence-corrected chi connectivity index (χ3v) is 5.61. The molecule has 1 aromatic heterocycles. The number of hydrogen-bond donors (Lipinski definition) is 2. The molecule has 0 aliphatic carbocycles. The van der Waals surface area contributed by atoms with E-state index in [2.05, 4.69) is 15.1 Å². The maximum atomic E-state index is 12.5. The molecule has 0 spiro atoms.